The Kier molecular flexibility index (Phi) is 8.07. The smallest absolute Gasteiger partial charge is 0.326 e. The van der Waals surface area contributed by atoms with Gasteiger partial charge in [-0.15, -0.1) is 0 Å². The highest BCUT2D eigenvalue weighted by molar-refractivity contribution is 8.13. The third kappa shape index (κ3) is 7.27. The van der Waals surface area contributed by atoms with Gasteiger partial charge in [0, 0.05) is 19.1 Å². The summed E-state index contributed by atoms with van der Waals surface area (Å²) in [6.45, 7) is 1.46. The minimum atomic E-state index is -1.08. The van der Waals surface area contributed by atoms with Crippen LogP contribution in [0.4, 0.5) is 0 Å². The maximum atomic E-state index is 12.8. The largest absolute Gasteiger partial charge is 0.480 e. The van der Waals surface area contributed by atoms with Crippen LogP contribution in [0.2, 0.25) is 0 Å². The number of nitrogens with one attached hydrogen (secondary N) is 1. The van der Waals surface area contributed by atoms with Crippen molar-refractivity contribution in [2.75, 3.05) is 5.75 Å². The molecular formula is C21H23NO4S. The molecule has 0 aliphatic rings. The zero-order chi connectivity index (χ0) is 19.6. The third-order valence-corrected chi connectivity index (χ3v) is 5.06. The molecule has 0 bridgehead atoms. The second-order valence-electron chi connectivity index (χ2n) is 6.28. The summed E-state index contributed by atoms with van der Waals surface area (Å²) in [5.74, 6) is -1.60. The van der Waals surface area contributed by atoms with Crippen LogP contribution in [0.1, 0.15) is 18.1 Å². The standard InChI is InChI=1S/C21H23NO4S/c1-15(23)27-14-18(12-16-8-4-2-5-9-16)20(24)22-19(21(25)26)13-17-10-6-3-7-11-17/h2-11,18-19H,12-14H2,1H3,(H,22,24)(H,25,26)/t18-,19+/m1/s1. The van der Waals surface area contributed by atoms with Crippen LogP contribution >= 0.6 is 11.8 Å². The van der Waals surface area contributed by atoms with Crippen LogP contribution in [-0.4, -0.2) is 33.9 Å². The number of benzene rings is 2. The van der Waals surface area contributed by atoms with E-state index in [1.165, 1.54) is 6.92 Å². The van der Waals surface area contributed by atoms with Crippen LogP contribution in [-0.2, 0) is 27.2 Å². The van der Waals surface area contributed by atoms with Crippen molar-refractivity contribution < 1.29 is 19.5 Å². The van der Waals surface area contributed by atoms with E-state index in [-0.39, 0.29) is 17.4 Å². The van der Waals surface area contributed by atoms with Gasteiger partial charge in [-0.05, 0) is 17.5 Å². The lowest BCUT2D eigenvalue weighted by atomic mass is 9.99. The van der Waals surface area contributed by atoms with E-state index in [9.17, 15) is 19.5 Å². The van der Waals surface area contributed by atoms with Crippen LogP contribution in [0.15, 0.2) is 60.7 Å². The number of carbonyl (C=O) groups is 3. The first kappa shape index (κ1) is 20.7. The van der Waals surface area contributed by atoms with Crippen LogP contribution in [0.25, 0.3) is 0 Å². The summed E-state index contributed by atoms with van der Waals surface area (Å²) >= 11 is 1.08. The lowest BCUT2D eigenvalue weighted by Crippen LogP contribution is -2.46. The van der Waals surface area contributed by atoms with Gasteiger partial charge in [0.1, 0.15) is 6.04 Å². The summed E-state index contributed by atoms with van der Waals surface area (Å²) in [5, 5.41) is 12.1. The van der Waals surface area contributed by atoms with Crippen molar-refractivity contribution in [3.63, 3.8) is 0 Å². The minimum absolute atomic E-state index is 0.0695. The van der Waals surface area contributed by atoms with E-state index >= 15 is 0 Å². The Bertz CT molecular complexity index is 764. The van der Waals surface area contributed by atoms with Gasteiger partial charge in [0.2, 0.25) is 5.91 Å². The molecule has 2 rings (SSSR count). The fourth-order valence-electron chi connectivity index (χ4n) is 2.68. The number of aliphatic carboxylic acids is 1. The second kappa shape index (κ2) is 10.5. The molecule has 0 aliphatic carbocycles. The van der Waals surface area contributed by atoms with E-state index in [0.717, 1.165) is 22.9 Å². The highest BCUT2D eigenvalue weighted by atomic mass is 32.2. The van der Waals surface area contributed by atoms with Crippen LogP contribution in [0.5, 0.6) is 0 Å². The molecule has 0 saturated heterocycles. The number of hydrogen-bond donors (Lipinski definition) is 2. The SMILES string of the molecule is CC(=O)SC[C@@H](Cc1ccccc1)C(=O)N[C@@H](Cc1ccccc1)C(=O)O. The number of carbonyl (C=O) groups excluding carboxylic acids is 2. The van der Waals surface area contributed by atoms with Crippen LogP contribution in [0.3, 0.4) is 0 Å². The zero-order valence-electron chi connectivity index (χ0n) is 15.1. The molecule has 1 amide bonds. The third-order valence-electron chi connectivity index (χ3n) is 4.08. The quantitative estimate of drug-likeness (QED) is 0.693. The molecule has 5 nitrogen and oxygen atoms in total. The number of carboxylic acids is 1. The van der Waals surface area contributed by atoms with E-state index in [1.807, 2.05) is 60.7 Å². The molecule has 27 heavy (non-hydrogen) atoms. The molecule has 0 aliphatic heterocycles. The summed E-state index contributed by atoms with van der Waals surface area (Å²) in [5.41, 5.74) is 1.81. The molecule has 2 aromatic rings. The fraction of sp³-hybridized carbons (Fsp3) is 0.286. The molecule has 0 radical (unpaired) electrons. The van der Waals surface area contributed by atoms with Gasteiger partial charge in [-0.3, -0.25) is 9.59 Å². The Morgan fingerprint density at radius 1 is 0.926 bits per heavy atom. The molecule has 0 aromatic heterocycles. The average Bonchev–Trinajstić information content (AvgIpc) is 2.66. The first-order valence-corrected chi connectivity index (χ1v) is 9.68. The molecule has 0 spiro atoms. The van der Waals surface area contributed by atoms with Crippen LogP contribution < -0.4 is 5.32 Å². The van der Waals surface area contributed by atoms with Gasteiger partial charge >= 0.3 is 5.97 Å². The fourth-order valence-corrected chi connectivity index (χ4v) is 3.39. The Hall–Kier alpha value is -2.60. The highest BCUT2D eigenvalue weighted by Crippen LogP contribution is 2.16. The Labute approximate surface area is 163 Å². The molecule has 0 unspecified atom stereocenters. The number of rotatable bonds is 9. The first-order chi connectivity index (χ1) is 13.0. The number of thioether (sulfide) groups is 1. The topological polar surface area (TPSA) is 83.5 Å². The molecule has 142 valence electrons. The van der Waals surface area contributed by atoms with E-state index in [0.29, 0.717) is 12.2 Å². The van der Waals surface area contributed by atoms with Gasteiger partial charge in [-0.1, -0.05) is 72.4 Å². The molecular weight excluding hydrogens is 362 g/mol. The lowest BCUT2D eigenvalue weighted by molar-refractivity contribution is -0.142. The molecule has 0 fully saturated rings. The molecule has 2 N–H and O–H groups in total. The summed E-state index contributed by atoms with van der Waals surface area (Å²) in [6, 6.07) is 17.7. The zero-order valence-corrected chi connectivity index (χ0v) is 15.9. The molecule has 0 heterocycles. The van der Waals surface area contributed by atoms with Crippen LogP contribution in [0, 0.1) is 5.92 Å². The molecule has 6 heteroatoms. The van der Waals surface area contributed by atoms with E-state index in [4.69, 9.17) is 0 Å². The van der Waals surface area contributed by atoms with Crippen molar-refractivity contribution in [3.8, 4) is 0 Å². The maximum Gasteiger partial charge on any atom is 0.326 e. The number of hydrogen-bond acceptors (Lipinski definition) is 4. The predicted molar refractivity (Wildman–Crippen MR) is 106 cm³/mol. The monoisotopic (exact) mass is 385 g/mol. The van der Waals surface area contributed by atoms with E-state index < -0.39 is 17.9 Å². The summed E-state index contributed by atoms with van der Waals surface area (Å²) in [4.78, 5) is 35.7. The number of amides is 1. The lowest BCUT2D eigenvalue weighted by Gasteiger charge is -2.20. The molecule has 2 atom stereocenters. The predicted octanol–water partition coefficient (Wildman–Crippen LogP) is 2.94. The van der Waals surface area contributed by atoms with E-state index in [1.54, 1.807) is 0 Å². The van der Waals surface area contributed by atoms with Gasteiger partial charge in [0.25, 0.3) is 0 Å². The van der Waals surface area contributed by atoms with E-state index in [2.05, 4.69) is 5.32 Å². The van der Waals surface area contributed by atoms with Crippen molar-refractivity contribution in [1.82, 2.24) is 5.32 Å². The van der Waals surface area contributed by atoms with Gasteiger partial charge < -0.3 is 10.4 Å². The van der Waals surface area contributed by atoms with Gasteiger partial charge in [0.15, 0.2) is 5.12 Å². The van der Waals surface area contributed by atoms with Crippen molar-refractivity contribution in [2.24, 2.45) is 5.92 Å². The Morgan fingerprint density at radius 2 is 1.44 bits per heavy atom. The molecule has 0 saturated carbocycles. The van der Waals surface area contributed by atoms with Gasteiger partial charge in [-0.2, -0.15) is 0 Å². The number of carboxylic acid groups (broad SMARTS) is 1. The summed E-state index contributed by atoms with van der Waals surface area (Å²) in [6.07, 6.45) is 0.657. The van der Waals surface area contributed by atoms with Crippen molar-refractivity contribution in [1.29, 1.82) is 0 Å². The normalized spacial score (nSPS) is 12.8. The minimum Gasteiger partial charge on any atom is -0.480 e. The Balaban J connectivity index is 2.08. The second-order valence-corrected chi connectivity index (χ2v) is 7.48. The van der Waals surface area contributed by atoms with Crippen molar-refractivity contribution in [2.45, 2.75) is 25.8 Å². The van der Waals surface area contributed by atoms with Gasteiger partial charge in [-0.25, -0.2) is 4.79 Å². The Morgan fingerprint density at radius 3 is 1.93 bits per heavy atom. The van der Waals surface area contributed by atoms with Crippen molar-refractivity contribution in [3.05, 3.63) is 71.8 Å². The highest BCUT2D eigenvalue weighted by Gasteiger charge is 2.26. The van der Waals surface area contributed by atoms with Crippen molar-refractivity contribution >= 4 is 28.8 Å². The maximum absolute atomic E-state index is 12.8. The van der Waals surface area contributed by atoms with Gasteiger partial charge in [0.05, 0.1) is 5.92 Å². The summed E-state index contributed by atoms with van der Waals surface area (Å²) in [7, 11) is 0. The first-order valence-electron chi connectivity index (χ1n) is 8.70. The summed E-state index contributed by atoms with van der Waals surface area (Å²) < 4.78 is 0. The molecule has 2 aromatic carbocycles. The average molecular weight is 385 g/mol.